The third kappa shape index (κ3) is 3.04. The summed E-state index contributed by atoms with van der Waals surface area (Å²) >= 11 is 0. The van der Waals surface area contributed by atoms with Gasteiger partial charge in [-0.2, -0.15) is 0 Å². The Kier molecular flexibility index (Phi) is 4.02. The predicted octanol–water partition coefficient (Wildman–Crippen LogP) is 2.28. The average Bonchev–Trinajstić information content (AvgIpc) is 2.96. The lowest BCUT2D eigenvalue weighted by molar-refractivity contribution is 0.0298. The Hall–Kier alpha value is -3.20. The van der Waals surface area contributed by atoms with Gasteiger partial charge in [-0.3, -0.25) is 4.98 Å². The number of imidazole rings is 1. The highest BCUT2D eigenvalue weighted by molar-refractivity contribution is 5.92. The van der Waals surface area contributed by atoms with Crippen molar-refractivity contribution in [1.82, 2.24) is 19.5 Å². The highest BCUT2D eigenvalue weighted by Gasteiger charge is 2.19. The molecule has 114 valence electrons. The molecule has 3 rings (SSSR count). The molecule has 0 bridgehead atoms. The first-order chi connectivity index (χ1) is 11.2. The fourth-order valence-corrected chi connectivity index (χ4v) is 2.21. The molecule has 0 aliphatic carbocycles. The standard InChI is InChI=1S/C17H14N4O2/c1-3-6-15(13-7-4-5-8-18-13)23-17(22)12-9-14-16(19-10-12)21(2)11-20-14/h1,4-5,7-11,15H,6H2,2H3. The molecule has 0 amide bonds. The topological polar surface area (TPSA) is 69.9 Å². The molecule has 0 radical (unpaired) electrons. The molecule has 23 heavy (non-hydrogen) atoms. The first kappa shape index (κ1) is 14.7. The number of hydrogen-bond acceptors (Lipinski definition) is 5. The second-order valence-corrected chi connectivity index (χ2v) is 4.98. The number of carbonyl (C=O) groups is 1. The maximum atomic E-state index is 12.4. The van der Waals surface area contributed by atoms with Crippen molar-refractivity contribution in [3.8, 4) is 12.3 Å². The zero-order valence-electron chi connectivity index (χ0n) is 12.5. The van der Waals surface area contributed by atoms with Crippen molar-refractivity contribution in [3.63, 3.8) is 0 Å². The van der Waals surface area contributed by atoms with Crippen molar-refractivity contribution in [1.29, 1.82) is 0 Å². The summed E-state index contributed by atoms with van der Waals surface area (Å²) in [7, 11) is 1.84. The van der Waals surface area contributed by atoms with E-state index in [0.29, 0.717) is 22.4 Å². The van der Waals surface area contributed by atoms with E-state index in [1.807, 2.05) is 13.1 Å². The van der Waals surface area contributed by atoms with Crippen LogP contribution in [0.25, 0.3) is 11.2 Å². The molecule has 0 saturated carbocycles. The SMILES string of the molecule is C#CCC(OC(=O)c1cnc2c(c1)ncn2C)c1ccccn1. The zero-order valence-corrected chi connectivity index (χ0v) is 12.5. The van der Waals surface area contributed by atoms with Crippen LogP contribution in [-0.4, -0.2) is 25.5 Å². The number of nitrogens with zero attached hydrogens (tertiary/aromatic N) is 4. The van der Waals surface area contributed by atoms with E-state index in [9.17, 15) is 4.79 Å². The van der Waals surface area contributed by atoms with Crippen LogP contribution < -0.4 is 0 Å². The number of hydrogen-bond donors (Lipinski definition) is 0. The largest absolute Gasteiger partial charge is 0.451 e. The molecule has 6 heteroatoms. The molecule has 0 aliphatic heterocycles. The van der Waals surface area contributed by atoms with Crippen LogP contribution in [0.5, 0.6) is 0 Å². The fourth-order valence-electron chi connectivity index (χ4n) is 2.21. The van der Waals surface area contributed by atoms with Gasteiger partial charge in [0.1, 0.15) is 5.52 Å². The summed E-state index contributed by atoms with van der Waals surface area (Å²) in [5.74, 6) is 2.00. The molecule has 3 aromatic heterocycles. The van der Waals surface area contributed by atoms with Gasteiger partial charge in [0.15, 0.2) is 11.8 Å². The Balaban J connectivity index is 1.84. The van der Waals surface area contributed by atoms with Crippen LogP contribution in [0.1, 0.15) is 28.6 Å². The Morgan fingerprint density at radius 3 is 3.00 bits per heavy atom. The van der Waals surface area contributed by atoms with E-state index in [1.165, 1.54) is 6.20 Å². The summed E-state index contributed by atoms with van der Waals surface area (Å²) in [6.45, 7) is 0. The quantitative estimate of drug-likeness (QED) is 0.546. The van der Waals surface area contributed by atoms with Crippen LogP contribution in [-0.2, 0) is 11.8 Å². The van der Waals surface area contributed by atoms with Gasteiger partial charge in [0.2, 0.25) is 0 Å². The first-order valence-corrected chi connectivity index (χ1v) is 7.01. The smallest absolute Gasteiger partial charge is 0.340 e. The number of terminal acetylenes is 1. The predicted molar refractivity (Wildman–Crippen MR) is 84.4 cm³/mol. The summed E-state index contributed by atoms with van der Waals surface area (Å²) < 4.78 is 7.28. The van der Waals surface area contributed by atoms with E-state index >= 15 is 0 Å². The molecule has 0 saturated heterocycles. The van der Waals surface area contributed by atoms with E-state index in [1.54, 1.807) is 35.3 Å². The number of fused-ring (bicyclic) bond motifs is 1. The third-order valence-electron chi connectivity index (χ3n) is 3.36. The van der Waals surface area contributed by atoms with Gasteiger partial charge in [-0.25, -0.2) is 14.8 Å². The van der Waals surface area contributed by atoms with Crippen LogP contribution >= 0.6 is 0 Å². The van der Waals surface area contributed by atoms with Crippen LogP contribution in [0.15, 0.2) is 43.0 Å². The average molecular weight is 306 g/mol. The van der Waals surface area contributed by atoms with Crippen LogP contribution in [0.2, 0.25) is 0 Å². The van der Waals surface area contributed by atoms with Gasteiger partial charge in [0.25, 0.3) is 0 Å². The second-order valence-electron chi connectivity index (χ2n) is 4.98. The highest BCUT2D eigenvalue weighted by atomic mass is 16.5. The molecule has 0 aromatic carbocycles. The van der Waals surface area contributed by atoms with Crippen molar-refractivity contribution in [2.24, 2.45) is 7.05 Å². The van der Waals surface area contributed by atoms with Crippen molar-refractivity contribution >= 4 is 17.1 Å². The number of aryl methyl sites for hydroxylation is 1. The molecule has 0 fully saturated rings. The minimum Gasteiger partial charge on any atom is -0.451 e. The Bertz CT molecular complexity index is 880. The first-order valence-electron chi connectivity index (χ1n) is 7.01. The van der Waals surface area contributed by atoms with Crippen LogP contribution in [0.4, 0.5) is 0 Å². The highest BCUT2D eigenvalue weighted by Crippen LogP contribution is 2.21. The van der Waals surface area contributed by atoms with E-state index in [-0.39, 0.29) is 6.42 Å². The molecule has 6 nitrogen and oxygen atoms in total. The molecule has 1 unspecified atom stereocenters. The summed E-state index contributed by atoms with van der Waals surface area (Å²) in [6, 6.07) is 7.03. The molecule has 3 aromatic rings. The van der Waals surface area contributed by atoms with Gasteiger partial charge in [-0.05, 0) is 18.2 Å². The summed E-state index contributed by atoms with van der Waals surface area (Å²) in [6.07, 6.45) is 9.77. The van der Waals surface area contributed by atoms with Crippen molar-refractivity contribution < 1.29 is 9.53 Å². The van der Waals surface area contributed by atoms with Crippen molar-refractivity contribution in [2.75, 3.05) is 0 Å². The van der Waals surface area contributed by atoms with Gasteiger partial charge in [-0.1, -0.05) is 6.07 Å². The van der Waals surface area contributed by atoms with Gasteiger partial charge >= 0.3 is 5.97 Å². The van der Waals surface area contributed by atoms with Crippen LogP contribution in [0, 0.1) is 12.3 Å². The minimum absolute atomic E-state index is 0.252. The molecule has 0 spiro atoms. The lowest BCUT2D eigenvalue weighted by atomic mass is 10.1. The lowest BCUT2D eigenvalue weighted by Gasteiger charge is -2.15. The van der Waals surface area contributed by atoms with E-state index in [4.69, 9.17) is 11.2 Å². The molecule has 1 atom stereocenters. The number of pyridine rings is 2. The molecule has 3 heterocycles. The zero-order chi connectivity index (χ0) is 16.2. The Labute approximate surface area is 133 Å². The van der Waals surface area contributed by atoms with Crippen molar-refractivity contribution in [2.45, 2.75) is 12.5 Å². The number of esters is 1. The van der Waals surface area contributed by atoms with Gasteiger partial charge < -0.3 is 9.30 Å². The van der Waals surface area contributed by atoms with E-state index in [0.717, 1.165) is 0 Å². The molecular weight excluding hydrogens is 292 g/mol. The Morgan fingerprint density at radius 2 is 2.26 bits per heavy atom. The summed E-state index contributed by atoms with van der Waals surface area (Å²) in [5, 5.41) is 0. The van der Waals surface area contributed by atoms with Gasteiger partial charge in [0, 0.05) is 19.4 Å². The molecule has 0 N–H and O–H groups in total. The summed E-state index contributed by atoms with van der Waals surface area (Å²) in [5.41, 5.74) is 2.28. The van der Waals surface area contributed by atoms with Gasteiger partial charge in [-0.15, -0.1) is 12.3 Å². The number of carbonyl (C=O) groups excluding carboxylic acids is 1. The maximum absolute atomic E-state index is 12.4. The maximum Gasteiger partial charge on any atom is 0.340 e. The Morgan fingerprint density at radius 1 is 1.39 bits per heavy atom. The number of rotatable bonds is 4. The summed E-state index contributed by atoms with van der Waals surface area (Å²) in [4.78, 5) is 25.0. The fraction of sp³-hybridized carbons (Fsp3) is 0.176. The lowest BCUT2D eigenvalue weighted by Crippen LogP contribution is -2.13. The van der Waals surface area contributed by atoms with Crippen molar-refractivity contribution in [3.05, 3.63) is 54.2 Å². The van der Waals surface area contributed by atoms with Crippen LogP contribution in [0.3, 0.4) is 0 Å². The minimum atomic E-state index is -0.590. The monoisotopic (exact) mass is 306 g/mol. The third-order valence-corrected chi connectivity index (χ3v) is 3.36. The second kappa shape index (κ2) is 6.28. The normalized spacial score (nSPS) is 11.8. The van der Waals surface area contributed by atoms with E-state index in [2.05, 4.69) is 20.9 Å². The number of aromatic nitrogens is 4. The molecule has 0 aliphatic rings. The van der Waals surface area contributed by atoms with Gasteiger partial charge in [0.05, 0.1) is 24.0 Å². The number of ether oxygens (including phenoxy) is 1. The van der Waals surface area contributed by atoms with E-state index < -0.39 is 12.1 Å². The molecular formula is C17H14N4O2.